The average molecular weight is 244 g/mol. The van der Waals surface area contributed by atoms with Crippen LogP contribution in [0.4, 0.5) is 0 Å². The van der Waals surface area contributed by atoms with Gasteiger partial charge in [0.2, 0.25) is 0 Å². The Hall–Kier alpha value is 0.270. The van der Waals surface area contributed by atoms with E-state index in [0.717, 1.165) is 12.0 Å². The van der Waals surface area contributed by atoms with Crippen LogP contribution >= 0.6 is 11.8 Å². The maximum atomic E-state index is 5.94. The molecule has 0 aromatic rings. The van der Waals surface area contributed by atoms with Gasteiger partial charge in [0.1, 0.15) is 0 Å². The van der Waals surface area contributed by atoms with Gasteiger partial charge in [0.15, 0.2) is 0 Å². The maximum absolute atomic E-state index is 5.94. The number of thioether (sulfide) groups is 1. The quantitative estimate of drug-likeness (QED) is 0.779. The van der Waals surface area contributed by atoms with E-state index in [1.54, 1.807) is 0 Å². The molecule has 0 aromatic heterocycles. The summed E-state index contributed by atoms with van der Waals surface area (Å²) in [5.74, 6) is 2.15. The lowest BCUT2D eigenvalue weighted by atomic mass is 9.86. The molecule has 0 aromatic carbocycles. The van der Waals surface area contributed by atoms with E-state index in [-0.39, 0.29) is 0 Å². The lowest BCUT2D eigenvalue weighted by Gasteiger charge is -2.33. The number of nitrogens with zero attached hydrogens (tertiary/aromatic N) is 1. The topological polar surface area (TPSA) is 29.3 Å². The van der Waals surface area contributed by atoms with Crippen LogP contribution in [0.3, 0.4) is 0 Å². The van der Waals surface area contributed by atoms with E-state index in [1.165, 1.54) is 44.4 Å². The van der Waals surface area contributed by atoms with E-state index in [4.69, 9.17) is 5.73 Å². The van der Waals surface area contributed by atoms with Gasteiger partial charge in [-0.2, -0.15) is 11.8 Å². The number of rotatable bonds is 6. The minimum atomic E-state index is 0.481. The average Bonchev–Trinajstić information content (AvgIpc) is 2.29. The lowest BCUT2D eigenvalue weighted by Crippen LogP contribution is -2.39. The molecule has 2 nitrogen and oxygen atoms in total. The number of hydrogen-bond donors (Lipinski definition) is 1. The van der Waals surface area contributed by atoms with Crippen molar-refractivity contribution in [2.45, 2.75) is 51.1 Å². The highest BCUT2D eigenvalue weighted by molar-refractivity contribution is 7.98. The second-order valence-electron chi connectivity index (χ2n) is 5.24. The van der Waals surface area contributed by atoms with Crippen LogP contribution < -0.4 is 5.73 Å². The Kier molecular flexibility index (Phi) is 6.78. The summed E-state index contributed by atoms with van der Waals surface area (Å²) in [6.07, 6.45) is 8.61. The normalized spacial score (nSPS) is 28.3. The van der Waals surface area contributed by atoms with Crippen molar-refractivity contribution in [1.29, 1.82) is 0 Å². The van der Waals surface area contributed by atoms with E-state index in [0.29, 0.717) is 6.04 Å². The van der Waals surface area contributed by atoms with Crippen molar-refractivity contribution in [2.24, 2.45) is 11.7 Å². The summed E-state index contributed by atoms with van der Waals surface area (Å²) in [6.45, 7) is 3.57. The summed E-state index contributed by atoms with van der Waals surface area (Å²) in [4.78, 5) is 2.57. The van der Waals surface area contributed by atoms with Gasteiger partial charge in [-0.1, -0.05) is 6.92 Å². The third kappa shape index (κ3) is 4.64. The summed E-state index contributed by atoms with van der Waals surface area (Å²) in [5.41, 5.74) is 5.94. The maximum Gasteiger partial charge on any atom is 0.0180 e. The first-order chi connectivity index (χ1) is 7.67. The van der Waals surface area contributed by atoms with Gasteiger partial charge in [-0.05, 0) is 51.3 Å². The molecule has 0 aliphatic heterocycles. The highest BCUT2D eigenvalue weighted by Gasteiger charge is 2.21. The Morgan fingerprint density at radius 1 is 1.31 bits per heavy atom. The van der Waals surface area contributed by atoms with Crippen LogP contribution in [0.5, 0.6) is 0 Å². The molecule has 0 radical (unpaired) electrons. The smallest absolute Gasteiger partial charge is 0.0180 e. The Morgan fingerprint density at radius 3 is 2.44 bits per heavy atom. The molecule has 1 atom stereocenters. The van der Waals surface area contributed by atoms with Crippen LogP contribution in [0.2, 0.25) is 0 Å². The molecule has 0 spiro atoms. The first-order valence-corrected chi connectivity index (χ1v) is 8.01. The fourth-order valence-corrected chi connectivity index (χ4v) is 3.55. The summed E-state index contributed by atoms with van der Waals surface area (Å²) in [7, 11) is 2.29. The van der Waals surface area contributed by atoms with Gasteiger partial charge in [-0.25, -0.2) is 0 Å². The van der Waals surface area contributed by atoms with Gasteiger partial charge < -0.3 is 10.6 Å². The molecule has 3 heteroatoms. The van der Waals surface area contributed by atoms with Gasteiger partial charge in [0.05, 0.1) is 0 Å². The van der Waals surface area contributed by atoms with Gasteiger partial charge in [0, 0.05) is 24.4 Å². The standard InChI is InChI=1S/C13H28N2S/c1-4-13(10-16-3)15(2)9-11-5-7-12(14)8-6-11/h11-13H,4-10,14H2,1-3H3. The van der Waals surface area contributed by atoms with E-state index in [1.807, 2.05) is 11.8 Å². The number of hydrogen-bond acceptors (Lipinski definition) is 3. The van der Waals surface area contributed by atoms with E-state index < -0.39 is 0 Å². The van der Waals surface area contributed by atoms with Gasteiger partial charge >= 0.3 is 0 Å². The van der Waals surface area contributed by atoms with Crippen LogP contribution in [0.15, 0.2) is 0 Å². The lowest BCUT2D eigenvalue weighted by molar-refractivity contribution is 0.185. The zero-order valence-corrected chi connectivity index (χ0v) is 11.9. The molecular formula is C13H28N2S. The Bertz CT molecular complexity index is 179. The third-order valence-electron chi connectivity index (χ3n) is 3.89. The first-order valence-electron chi connectivity index (χ1n) is 6.62. The SMILES string of the molecule is CCC(CSC)N(C)CC1CCC(N)CC1. The zero-order valence-electron chi connectivity index (χ0n) is 11.1. The molecular weight excluding hydrogens is 216 g/mol. The molecule has 1 fully saturated rings. The summed E-state index contributed by atoms with van der Waals surface area (Å²) in [6, 6.07) is 1.24. The molecule has 2 N–H and O–H groups in total. The fourth-order valence-electron chi connectivity index (χ4n) is 2.68. The molecule has 96 valence electrons. The van der Waals surface area contributed by atoms with Crippen molar-refractivity contribution in [2.75, 3.05) is 25.6 Å². The Balaban J connectivity index is 2.29. The molecule has 1 rings (SSSR count). The molecule has 16 heavy (non-hydrogen) atoms. The Morgan fingerprint density at radius 2 is 1.94 bits per heavy atom. The summed E-state index contributed by atoms with van der Waals surface area (Å²) in [5, 5.41) is 0. The predicted octanol–water partition coefficient (Wildman–Crippen LogP) is 2.58. The number of nitrogens with two attached hydrogens (primary N) is 1. The molecule has 1 saturated carbocycles. The highest BCUT2D eigenvalue weighted by atomic mass is 32.2. The van der Waals surface area contributed by atoms with Crippen LogP contribution in [0, 0.1) is 5.92 Å². The molecule has 1 unspecified atom stereocenters. The Labute approximate surface area is 105 Å². The monoisotopic (exact) mass is 244 g/mol. The van der Waals surface area contributed by atoms with Gasteiger partial charge in [-0.3, -0.25) is 0 Å². The molecule has 0 bridgehead atoms. The third-order valence-corrected chi connectivity index (χ3v) is 4.61. The van der Waals surface area contributed by atoms with E-state index in [9.17, 15) is 0 Å². The predicted molar refractivity (Wildman–Crippen MR) is 75.0 cm³/mol. The minimum Gasteiger partial charge on any atom is -0.328 e. The van der Waals surface area contributed by atoms with Crippen LogP contribution in [0.1, 0.15) is 39.0 Å². The van der Waals surface area contributed by atoms with Crippen molar-refractivity contribution in [3.05, 3.63) is 0 Å². The minimum absolute atomic E-state index is 0.481. The second-order valence-corrected chi connectivity index (χ2v) is 6.15. The molecule has 1 aliphatic carbocycles. The molecule has 0 heterocycles. The van der Waals surface area contributed by atoms with Crippen molar-refractivity contribution in [1.82, 2.24) is 4.90 Å². The van der Waals surface area contributed by atoms with Crippen molar-refractivity contribution < 1.29 is 0 Å². The first kappa shape index (κ1) is 14.3. The van der Waals surface area contributed by atoms with E-state index >= 15 is 0 Å². The van der Waals surface area contributed by atoms with E-state index in [2.05, 4.69) is 25.1 Å². The molecule has 1 aliphatic rings. The largest absolute Gasteiger partial charge is 0.328 e. The van der Waals surface area contributed by atoms with Crippen molar-refractivity contribution >= 4 is 11.8 Å². The van der Waals surface area contributed by atoms with Crippen LogP contribution in [0.25, 0.3) is 0 Å². The zero-order chi connectivity index (χ0) is 12.0. The second kappa shape index (κ2) is 7.57. The van der Waals surface area contributed by atoms with Crippen LogP contribution in [-0.2, 0) is 0 Å². The van der Waals surface area contributed by atoms with Crippen molar-refractivity contribution in [3.8, 4) is 0 Å². The summed E-state index contributed by atoms with van der Waals surface area (Å²) >= 11 is 1.96. The molecule has 0 amide bonds. The fraction of sp³-hybridized carbons (Fsp3) is 1.00. The van der Waals surface area contributed by atoms with Gasteiger partial charge in [-0.15, -0.1) is 0 Å². The molecule has 0 saturated heterocycles. The summed E-state index contributed by atoms with van der Waals surface area (Å²) < 4.78 is 0. The van der Waals surface area contributed by atoms with Crippen molar-refractivity contribution in [3.63, 3.8) is 0 Å². The van der Waals surface area contributed by atoms with Gasteiger partial charge in [0.25, 0.3) is 0 Å². The van der Waals surface area contributed by atoms with Crippen LogP contribution in [-0.4, -0.2) is 42.6 Å². The highest BCUT2D eigenvalue weighted by Crippen LogP contribution is 2.24.